The van der Waals surface area contributed by atoms with Crippen LogP contribution in [0, 0.1) is 0 Å². The Morgan fingerprint density at radius 2 is 2.30 bits per heavy atom. The molecule has 2 aliphatic heterocycles. The molecule has 10 heavy (non-hydrogen) atoms. The van der Waals surface area contributed by atoms with Crippen molar-refractivity contribution in [3.8, 4) is 0 Å². The molecule has 0 aliphatic carbocycles. The summed E-state index contributed by atoms with van der Waals surface area (Å²) in [6.45, 7) is 3.83. The van der Waals surface area contributed by atoms with E-state index in [1.54, 1.807) is 0 Å². The third kappa shape index (κ3) is 0.856. The quantitative estimate of drug-likeness (QED) is 0.409. The van der Waals surface area contributed by atoms with E-state index in [2.05, 4.69) is 10.6 Å². The van der Waals surface area contributed by atoms with Crippen molar-refractivity contribution in [2.24, 2.45) is 0 Å². The van der Waals surface area contributed by atoms with Gasteiger partial charge in [0.2, 0.25) is 0 Å². The van der Waals surface area contributed by atoms with Crippen LogP contribution in [0.1, 0.15) is 13.3 Å². The molecular formula is C7H14N2O. The molecule has 2 heterocycles. The van der Waals surface area contributed by atoms with Crippen molar-refractivity contribution >= 4 is 0 Å². The van der Waals surface area contributed by atoms with E-state index in [-0.39, 0.29) is 6.04 Å². The molecule has 0 saturated carbocycles. The Kier molecular flexibility index (Phi) is 1.27. The summed E-state index contributed by atoms with van der Waals surface area (Å²) in [5, 5.41) is 16.4. The average molecular weight is 142 g/mol. The Morgan fingerprint density at radius 1 is 1.50 bits per heavy atom. The number of piperazine rings is 1. The van der Waals surface area contributed by atoms with Crippen molar-refractivity contribution < 1.29 is 5.11 Å². The van der Waals surface area contributed by atoms with Gasteiger partial charge in [-0.1, -0.05) is 0 Å². The molecule has 0 radical (unpaired) electrons. The van der Waals surface area contributed by atoms with Crippen molar-refractivity contribution in [3.63, 3.8) is 0 Å². The molecule has 2 fully saturated rings. The van der Waals surface area contributed by atoms with Gasteiger partial charge in [0.25, 0.3) is 0 Å². The smallest absolute Gasteiger partial charge is 0.0799 e. The van der Waals surface area contributed by atoms with Gasteiger partial charge in [-0.3, -0.25) is 0 Å². The predicted octanol–water partition coefficient (Wildman–Crippen LogP) is -0.929. The van der Waals surface area contributed by atoms with Crippen LogP contribution in [0.2, 0.25) is 0 Å². The largest absolute Gasteiger partial charge is 0.388 e. The lowest BCUT2D eigenvalue weighted by atomic mass is 9.97. The first kappa shape index (κ1) is 6.58. The van der Waals surface area contributed by atoms with E-state index in [1.807, 2.05) is 6.92 Å². The summed E-state index contributed by atoms with van der Waals surface area (Å²) in [6.07, 6.45) is 0.894. The van der Waals surface area contributed by atoms with Crippen molar-refractivity contribution in [3.05, 3.63) is 0 Å². The summed E-state index contributed by atoms with van der Waals surface area (Å²) in [7, 11) is 0. The van der Waals surface area contributed by atoms with E-state index in [0.29, 0.717) is 6.04 Å². The summed E-state index contributed by atoms with van der Waals surface area (Å²) < 4.78 is 0. The molecular weight excluding hydrogens is 128 g/mol. The molecule has 2 rings (SSSR count). The fourth-order valence-electron chi connectivity index (χ4n) is 1.98. The lowest BCUT2D eigenvalue weighted by Gasteiger charge is -2.26. The second-order valence-corrected chi connectivity index (χ2v) is 3.64. The highest BCUT2D eigenvalue weighted by molar-refractivity contribution is 5.04. The highest BCUT2D eigenvalue weighted by Crippen LogP contribution is 2.26. The fourth-order valence-corrected chi connectivity index (χ4v) is 1.98. The van der Waals surface area contributed by atoms with Crippen LogP contribution < -0.4 is 10.6 Å². The number of hydrogen-bond acceptors (Lipinski definition) is 3. The monoisotopic (exact) mass is 142 g/mol. The van der Waals surface area contributed by atoms with Gasteiger partial charge in [-0.05, 0) is 13.3 Å². The molecule has 3 heteroatoms. The van der Waals surface area contributed by atoms with E-state index in [0.717, 1.165) is 19.5 Å². The summed E-state index contributed by atoms with van der Waals surface area (Å²) >= 11 is 0. The highest BCUT2D eigenvalue weighted by Gasteiger charge is 2.43. The SMILES string of the molecule is CC1(O)CC2CNCC1N2. The van der Waals surface area contributed by atoms with Crippen LogP contribution in [0.15, 0.2) is 0 Å². The number of nitrogens with one attached hydrogen (secondary N) is 2. The molecule has 2 aliphatic rings. The van der Waals surface area contributed by atoms with Crippen LogP contribution in [0.3, 0.4) is 0 Å². The third-order valence-electron chi connectivity index (χ3n) is 2.59. The van der Waals surface area contributed by atoms with Crippen LogP contribution in [-0.2, 0) is 0 Å². The molecule has 3 atom stereocenters. The van der Waals surface area contributed by atoms with Gasteiger partial charge in [0.1, 0.15) is 0 Å². The second kappa shape index (κ2) is 1.94. The summed E-state index contributed by atoms with van der Waals surface area (Å²) in [4.78, 5) is 0. The maximum atomic E-state index is 9.76. The van der Waals surface area contributed by atoms with E-state index >= 15 is 0 Å². The van der Waals surface area contributed by atoms with Crippen LogP contribution in [0.5, 0.6) is 0 Å². The predicted molar refractivity (Wildman–Crippen MR) is 38.8 cm³/mol. The molecule has 0 amide bonds. The minimum Gasteiger partial charge on any atom is -0.388 e. The average Bonchev–Trinajstić information content (AvgIpc) is 2.04. The van der Waals surface area contributed by atoms with Crippen molar-refractivity contribution in [2.75, 3.05) is 13.1 Å². The van der Waals surface area contributed by atoms with E-state index in [1.165, 1.54) is 0 Å². The molecule has 2 saturated heterocycles. The molecule has 58 valence electrons. The number of fused-ring (bicyclic) bond motifs is 2. The van der Waals surface area contributed by atoms with Crippen LogP contribution in [-0.4, -0.2) is 35.9 Å². The van der Waals surface area contributed by atoms with E-state index < -0.39 is 5.60 Å². The lowest BCUT2D eigenvalue weighted by Crippen LogP contribution is -2.53. The minimum atomic E-state index is -0.478. The van der Waals surface area contributed by atoms with Crippen LogP contribution in [0.25, 0.3) is 0 Å². The minimum absolute atomic E-state index is 0.270. The summed E-state index contributed by atoms with van der Waals surface area (Å²) in [5.41, 5.74) is -0.478. The summed E-state index contributed by atoms with van der Waals surface area (Å²) in [6, 6.07) is 0.764. The maximum Gasteiger partial charge on any atom is 0.0799 e. The van der Waals surface area contributed by atoms with Crippen LogP contribution >= 0.6 is 0 Å². The standard InChI is InChI=1S/C7H14N2O/c1-7(10)2-5-3-8-4-6(7)9-5/h5-6,8-10H,2-4H2,1H3. The zero-order chi connectivity index (χ0) is 7.19. The van der Waals surface area contributed by atoms with E-state index in [9.17, 15) is 5.11 Å². The molecule has 3 nitrogen and oxygen atoms in total. The highest BCUT2D eigenvalue weighted by atomic mass is 16.3. The Morgan fingerprint density at radius 3 is 2.90 bits per heavy atom. The lowest BCUT2D eigenvalue weighted by molar-refractivity contribution is 0.0493. The van der Waals surface area contributed by atoms with Gasteiger partial charge in [0.05, 0.1) is 5.60 Å². The molecule has 0 spiro atoms. The van der Waals surface area contributed by atoms with E-state index in [4.69, 9.17) is 0 Å². The van der Waals surface area contributed by atoms with Gasteiger partial charge in [-0.15, -0.1) is 0 Å². The zero-order valence-electron chi connectivity index (χ0n) is 6.22. The van der Waals surface area contributed by atoms with Gasteiger partial charge in [0, 0.05) is 25.2 Å². The van der Waals surface area contributed by atoms with Gasteiger partial charge in [-0.25, -0.2) is 0 Å². The van der Waals surface area contributed by atoms with Crippen molar-refractivity contribution in [1.82, 2.24) is 10.6 Å². The first-order valence-corrected chi connectivity index (χ1v) is 3.88. The fraction of sp³-hybridized carbons (Fsp3) is 1.00. The van der Waals surface area contributed by atoms with Gasteiger partial charge < -0.3 is 15.7 Å². The Hall–Kier alpha value is -0.120. The third-order valence-corrected chi connectivity index (χ3v) is 2.59. The Labute approximate surface area is 60.8 Å². The normalized spacial score (nSPS) is 53.4. The van der Waals surface area contributed by atoms with Gasteiger partial charge >= 0.3 is 0 Å². The van der Waals surface area contributed by atoms with Crippen molar-refractivity contribution in [2.45, 2.75) is 31.0 Å². The van der Waals surface area contributed by atoms with Crippen molar-refractivity contribution in [1.29, 1.82) is 0 Å². The maximum absolute atomic E-state index is 9.76. The Bertz CT molecular complexity index is 147. The summed E-state index contributed by atoms with van der Waals surface area (Å²) in [5.74, 6) is 0. The molecule has 0 aromatic carbocycles. The number of hydrogen-bond donors (Lipinski definition) is 3. The first-order chi connectivity index (χ1) is 4.68. The second-order valence-electron chi connectivity index (χ2n) is 3.64. The molecule has 0 aromatic rings. The molecule has 2 bridgehead atoms. The number of rotatable bonds is 0. The first-order valence-electron chi connectivity index (χ1n) is 3.88. The molecule has 0 aromatic heterocycles. The Balaban J connectivity index is 2.15. The molecule has 3 unspecified atom stereocenters. The van der Waals surface area contributed by atoms with Gasteiger partial charge in [0.15, 0.2) is 0 Å². The zero-order valence-corrected chi connectivity index (χ0v) is 6.22. The topological polar surface area (TPSA) is 44.3 Å². The van der Waals surface area contributed by atoms with Crippen LogP contribution in [0.4, 0.5) is 0 Å². The van der Waals surface area contributed by atoms with Gasteiger partial charge in [-0.2, -0.15) is 0 Å². The number of aliphatic hydroxyl groups is 1. The molecule has 3 N–H and O–H groups in total.